The molecule has 0 aliphatic carbocycles. The number of aliphatic hydroxyl groups is 2. The number of ether oxygens (including phenoxy) is 1. The molecule has 0 spiro atoms. The highest BCUT2D eigenvalue weighted by Crippen LogP contribution is 2.18. The van der Waals surface area contributed by atoms with Gasteiger partial charge in [-0.3, -0.25) is 9.59 Å². The van der Waals surface area contributed by atoms with E-state index in [0.29, 0.717) is 19.4 Å². The molecule has 0 heterocycles. The first kappa shape index (κ1) is 75.1. The molecule has 0 fully saturated rings. The van der Waals surface area contributed by atoms with Crippen molar-refractivity contribution in [2.24, 2.45) is 0 Å². The minimum absolute atomic E-state index is 0.00498. The maximum absolute atomic E-state index is 12.5. The molecule has 1 amide bonds. The smallest absolute Gasteiger partial charge is 0.305 e. The van der Waals surface area contributed by atoms with Crippen molar-refractivity contribution in [1.82, 2.24) is 5.32 Å². The molecular weight excluding hydrogens is 947 g/mol. The lowest BCUT2D eigenvalue weighted by Gasteiger charge is -2.20. The van der Waals surface area contributed by atoms with Crippen molar-refractivity contribution >= 4 is 11.9 Å². The van der Waals surface area contributed by atoms with Gasteiger partial charge < -0.3 is 20.3 Å². The van der Waals surface area contributed by atoms with Crippen molar-refractivity contribution in [3.05, 3.63) is 36.5 Å². The summed E-state index contributed by atoms with van der Waals surface area (Å²) >= 11 is 0. The van der Waals surface area contributed by atoms with E-state index in [4.69, 9.17) is 4.74 Å². The number of rotatable bonds is 65. The van der Waals surface area contributed by atoms with E-state index in [1.54, 1.807) is 6.08 Å². The summed E-state index contributed by atoms with van der Waals surface area (Å²) in [5.74, 6) is -0.0615. The van der Waals surface area contributed by atoms with Gasteiger partial charge in [0.1, 0.15) is 0 Å². The van der Waals surface area contributed by atoms with Crippen LogP contribution in [0.25, 0.3) is 0 Å². The van der Waals surface area contributed by atoms with Gasteiger partial charge in [0.2, 0.25) is 5.91 Å². The van der Waals surface area contributed by atoms with E-state index in [1.165, 1.54) is 308 Å². The lowest BCUT2D eigenvalue weighted by Crippen LogP contribution is -2.45. The van der Waals surface area contributed by atoms with Crippen molar-refractivity contribution in [1.29, 1.82) is 0 Å². The number of aliphatic hydroxyl groups excluding tert-OH is 2. The number of nitrogens with one attached hydrogen (secondary N) is 1. The molecular formula is C71H135NO5. The first-order valence-electron chi connectivity index (χ1n) is 34.8. The van der Waals surface area contributed by atoms with Crippen LogP contribution < -0.4 is 5.32 Å². The van der Waals surface area contributed by atoms with E-state index in [9.17, 15) is 19.8 Å². The molecule has 454 valence electrons. The molecule has 6 nitrogen and oxygen atoms in total. The zero-order chi connectivity index (χ0) is 55.7. The molecule has 0 aliphatic heterocycles. The molecule has 0 saturated carbocycles. The summed E-state index contributed by atoms with van der Waals surface area (Å²) < 4.78 is 5.48. The van der Waals surface area contributed by atoms with Crippen LogP contribution in [-0.2, 0) is 14.3 Å². The Labute approximate surface area is 481 Å². The third-order valence-electron chi connectivity index (χ3n) is 16.1. The standard InChI is InChI=1S/C71H135NO5/c1-3-5-7-9-11-13-15-17-18-19-20-27-30-33-36-40-43-47-51-55-59-63-69(74)68(67-73)72-70(75)64-60-56-52-48-44-41-37-34-31-28-25-23-21-22-24-26-29-32-35-38-42-46-50-54-58-62-66-77-71(76)65-61-57-53-49-45-39-16-14-12-10-8-6-4-2/h14,16,21,23,59,63,68-69,73-74H,3-13,15,17-20,22,24-58,60-62,64-67H2,1-2H3,(H,72,75)/b16-14-,23-21-,63-59+. The van der Waals surface area contributed by atoms with Crippen molar-refractivity contribution in [2.75, 3.05) is 13.2 Å². The molecule has 0 saturated heterocycles. The normalized spacial score (nSPS) is 12.7. The Hall–Kier alpha value is -1.92. The summed E-state index contributed by atoms with van der Waals surface area (Å²) in [7, 11) is 0. The quantitative estimate of drug-likeness (QED) is 0.0320. The summed E-state index contributed by atoms with van der Waals surface area (Å²) in [6, 6.07) is -0.630. The van der Waals surface area contributed by atoms with E-state index in [-0.39, 0.29) is 18.5 Å². The second kappa shape index (κ2) is 66.6. The largest absolute Gasteiger partial charge is 0.466 e. The molecule has 77 heavy (non-hydrogen) atoms. The van der Waals surface area contributed by atoms with Gasteiger partial charge in [0.15, 0.2) is 0 Å². The van der Waals surface area contributed by atoms with Gasteiger partial charge in [-0.2, -0.15) is 0 Å². The number of carbonyl (C=O) groups is 2. The number of hydrogen-bond donors (Lipinski definition) is 3. The summed E-state index contributed by atoms with van der Waals surface area (Å²) in [6.45, 7) is 4.92. The molecule has 0 rings (SSSR count). The zero-order valence-corrected chi connectivity index (χ0v) is 52.0. The molecule has 6 heteroatoms. The monoisotopic (exact) mass is 1080 g/mol. The van der Waals surface area contributed by atoms with E-state index in [0.717, 1.165) is 44.9 Å². The second-order valence-corrected chi connectivity index (χ2v) is 23.9. The molecule has 0 bridgehead atoms. The van der Waals surface area contributed by atoms with Gasteiger partial charge in [-0.1, -0.05) is 320 Å². The van der Waals surface area contributed by atoms with Crippen LogP contribution in [0.2, 0.25) is 0 Å². The minimum Gasteiger partial charge on any atom is -0.466 e. The average Bonchev–Trinajstić information content (AvgIpc) is 3.43. The summed E-state index contributed by atoms with van der Waals surface area (Å²) in [4.78, 5) is 24.6. The predicted molar refractivity (Wildman–Crippen MR) is 338 cm³/mol. The highest BCUT2D eigenvalue weighted by atomic mass is 16.5. The number of esters is 1. The summed E-state index contributed by atoms with van der Waals surface area (Å²) in [5.41, 5.74) is 0. The highest BCUT2D eigenvalue weighted by Gasteiger charge is 2.18. The Morgan fingerprint density at radius 3 is 0.935 bits per heavy atom. The lowest BCUT2D eigenvalue weighted by molar-refractivity contribution is -0.143. The van der Waals surface area contributed by atoms with Crippen LogP contribution in [0, 0.1) is 0 Å². The Balaban J connectivity index is 3.42. The topological polar surface area (TPSA) is 95.9 Å². The molecule has 0 aromatic rings. The number of amides is 1. The first-order chi connectivity index (χ1) is 38.0. The van der Waals surface area contributed by atoms with Crippen molar-refractivity contribution in [3.63, 3.8) is 0 Å². The van der Waals surface area contributed by atoms with Crippen LogP contribution >= 0.6 is 0 Å². The van der Waals surface area contributed by atoms with E-state index in [1.807, 2.05) is 6.08 Å². The third kappa shape index (κ3) is 63.1. The van der Waals surface area contributed by atoms with Crippen molar-refractivity contribution in [3.8, 4) is 0 Å². The van der Waals surface area contributed by atoms with Gasteiger partial charge in [0.25, 0.3) is 0 Å². The second-order valence-electron chi connectivity index (χ2n) is 23.9. The minimum atomic E-state index is -0.847. The van der Waals surface area contributed by atoms with Crippen LogP contribution in [-0.4, -0.2) is 47.4 Å². The van der Waals surface area contributed by atoms with Gasteiger partial charge in [-0.05, 0) is 83.5 Å². The highest BCUT2D eigenvalue weighted by molar-refractivity contribution is 5.76. The van der Waals surface area contributed by atoms with Gasteiger partial charge >= 0.3 is 5.97 Å². The van der Waals surface area contributed by atoms with Gasteiger partial charge in [0, 0.05) is 12.8 Å². The summed E-state index contributed by atoms with van der Waals surface area (Å²) in [6.07, 6.45) is 85.0. The van der Waals surface area contributed by atoms with E-state index in [2.05, 4.69) is 43.5 Å². The van der Waals surface area contributed by atoms with Gasteiger partial charge in [-0.15, -0.1) is 0 Å². The molecule has 0 aromatic carbocycles. The number of carbonyl (C=O) groups excluding carboxylic acids is 2. The van der Waals surface area contributed by atoms with Crippen LogP contribution in [0.3, 0.4) is 0 Å². The fraction of sp³-hybridized carbons (Fsp3) is 0.887. The Morgan fingerprint density at radius 2 is 0.610 bits per heavy atom. The molecule has 0 radical (unpaired) electrons. The van der Waals surface area contributed by atoms with Crippen LogP contribution in [0.4, 0.5) is 0 Å². The van der Waals surface area contributed by atoms with Crippen molar-refractivity contribution < 1.29 is 24.5 Å². The maximum Gasteiger partial charge on any atom is 0.305 e. The van der Waals surface area contributed by atoms with E-state index >= 15 is 0 Å². The van der Waals surface area contributed by atoms with Gasteiger partial charge in [0.05, 0.1) is 25.4 Å². The number of hydrogen-bond acceptors (Lipinski definition) is 5. The molecule has 2 atom stereocenters. The van der Waals surface area contributed by atoms with Crippen molar-refractivity contribution in [2.45, 2.75) is 392 Å². The third-order valence-corrected chi connectivity index (χ3v) is 16.1. The zero-order valence-electron chi connectivity index (χ0n) is 52.0. The van der Waals surface area contributed by atoms with Crippen LogP contribution in [0.5, 0.6) is 0 Å². The Bertz CT molecular complexity index is 1250. The van der Waals surface area contributed by atoms with Crippen LogP contribution in [0.1, 0.15) is 380 Å². The molecule has 2 unspecified atom stereocenters. The fourth-order valence-corrected chi connectivity index (χ4v) is 10.8. The maximum atomic E-state index is 12.5. The lowest BCUT2D eigenvalue weighted by atomic mass is 10.0. The summed E-state index contributed by atoms with van der Waals surface area (Å²) in [5, 5.41) is 23.2. The SMILES string of the molecule is CCCCCC/C=C\CCCCCCCC(=O)OCCCCCCCCCCCCCC/C=C\CCCCCCCCCCCCC(=O)NC(CO)C(O)/C=C/CCCCCCCCCCCCCCCCCCCCC. The predicted octanol–water partition coefficient (Wildman–Crippen LogP) is 22.3. The number of allylic oxidation sites excluding steroid dienone is 5. The first-order valence-corrected chi connectivity index (χ1v) is 34.8. The fourth-order valence-electron chi connectivity index (χ4n) is 10.8. The van der Waals surface area contributed by atoms with Crippen LogP contribution in [0.15, 0.2) is 36.5 Å². The number of unbranched alkanes of at least 4 members (excludes halogenated alkanes) is 50. The Kier molecular flexibility index (Phi) is 64.9. The Morgan fingerprint density at radius 1 is 0.351 bits per heavy atom. The molecule has 0 aromatic heterocycles. The van der Waals surface area contributed by atoms with E-state index < -0.39 is 12.1 Å². The average molecular weight is 1080 g/mol. The van der Waals surface area contributed by atoms with Gasteiger partial charge in [-0.25, -0.2) is 0 Å². The molecule has 3 N–H and O–H groups in total. The molecule has 0 aliphatic rings.